The fraction of sp³-hybridized carbons (Fsp3) is 1.00. The molecular weight excluding hydrogens is 207 g/mol. The van der Waals surface area contributed by atoms with E-state index in [0.717, 1.165) is 0 Å². The fourth-order valence-electron chi connectivity index (χ4n) is 0.619. The first kappa shape index (κ1) is 12.7. The van der Waals surface area contributed by atoms with Gasteiger partial charge in [-0.05, 0) is 13.3 Å². The highest BCUT2D eigenvalue weighted by Crippen LogP contribution is 2.20. The molecule has 0 aromatic carbocycles. The zero-order valence-corrected chi connectivity index (χ0v) is 8.00. The summed E-state index contributed by atoms with van der Waals surface area (Å²) in [4.78, 5) is 0. The SMILES string of the molecule is CCS(=O)(=O)NCCCC(F)(F)F. The Morgan fingerprint density at radius 1 is 1.31 bits per heavy atom. The summed E-state index contributed by atoms with van der Waals surface area (Å²) in [7, 11) is -3.35. The molecule has 0 heterocycles. The van der Waals surface area contributed by atoms with Gasteiger partial charge in [0.05, 0.1) is 5.75 Å². The van der Waals surface area contributed by atoms with Crippen molar-refractivity contribution in [2.45, 2.75) is 25.9 Å². The minimum absolute atomic E-state index is 0.112. The second-order valence-electron chi connectivity index (χ2n) is 2.52. The number of sulfonamides is 1. The number of alkyl halides is 3. The van der Waals surface area contributed by atoms with E-state index < -0.39 is 22.6 Å². The van der Waals surface area contributed by atoms with Gasteiger partial charge >= 0.3 is 6.18 Å². The summed E-state index contributed by atoms with van der Waals surface area (Å²) in [6, 6.07) is 0. The van der Waals surface area contributed by atoms with Crippen LogP contribution in [0.5, 0.6) is 0 Å². The van der Waals surface area contributed by atoms with Crippen molar-refractivity contribution in [3.8, 4) is 0 Å². The second kappa shape index (κ2) is 4.80. The van der Waals surface area contributed by atoms with Crippen molar-refractivity contribution in [2.24, 2.45) is 0 Å². The fourth-order valence-corrected chi connectivity index (χ4v) is 1.28. The van der Waals surface area contributed by atoms with Crippen LogP contribution in [-0.4, -0.2) is 26.9 Å². The standard InChI is InChI=1S/C6H12F3NO2S/c1-2-13(11,12)10-5-3-4-6(7,8)9/h10H,2-5H2,1H3. The van der Waals surface area contributed by atoms with Crippen LogP contribution in [-0.2, 0) is 10.0 Å². The molecule has 0 aliphatic carbocycles. The highest BCUT2D eigenvalue weighted by atomic mass is 32.2. The van der Waals surface area contributed by atoms with Crippen molar-refractivity contribution in [1.29, 1.82) is 0 Å². The van der Waals surface area contributed by atoms with Gasteiger partial charge in [-0.25, -0.2) is 13.1 Å². The molecule has 13 heavy (non-hydrogen) atoms. The third-order valence-electron chi connectivity index (χ3n) is 1.34. The largest absolute Gasteiger partial charge is 0.389 e. The van der Waals surface area contributed by atoms with E-state index in [4.69, 9.17) is 0 Å². The summed E-state index contributed by atoms with van der Waals surface area (Å²) in [5.74, 6) is -0.112. The first-order chi connectivity index (χ1) is 5.77. The first-order valence-corrected chi connectivity index (χ1v) is 5.46. The summed E-state index contributed by atoms with van der Waals surface area (Å²) in [6.07, 6.45) is -5.39. The lowest BCUT2D eigenvalue weighted by Gasteiger charge is -2.06. The van der Waals surface area contributed by atoms with Crippen molar-refractivity contribution < 1.29 is 21.6 Å². The molecule has 0 amide bonds. The summed E-state index contributed by atoms with van der Waals surface area (Å²) < 4.78 is 58.3. The van der Waals surface area contributed by atoms with Crippen LogP contribution in [0.1, 0.15) is 19.8 Å². The third kappa shape index (κ3) is 8.04. The molecule has 0 aromatic rings. The van der Waals surface area contributed by atoms with Crippen molar-refractivity contribution in [2.75, 3.05) is 12.3 Å². The Kier molecular flexibility index (Phi) is 4.69. The van der Waals surface area contributed by atoms with Gasteiger partial charge in [0.2, 0.25) is 10.0 Å². The quantitative estimate of drug-likeness (QED) is 0.708. The molecule has 1 N–H and O–H groups in total. The van der Waals surface area contributed by atoms with E-state index in [1.54, 1.807) is 0 Å². The number of halogens is 3. The maximum absolute atomic E-state index is 11.6. The van der Waals surface area contributed by atoms with Crippen LogP contribution < -0.4 is 4.72 Å². The van der Waals surface area contributed by atoms with E-state index >= 15 is 0 Å². The van der Waals surface area contributed by atoms with Gasteiger partial charge in [0.15, 0.2) is 0 Å². The lowest BCUT2D eigenvalue weighted by Crippen LogP contribution is -2.27. The van der Waals surface area contributed by atoms with Crippen LogP contribution >= 0.6 is 0 Å². The summed E-state index contributed by atoms with van der Waals surface area (Å²) >= 11 is 0. The molecule has 0 spiro atoms. The number of rotatable bonds is 5. The van der Waals surface area contributed by atoms with Crippen molar-refractivity contribution >= 4 is 10.0 Å². The smallest absolute Gasteiger partial charge is 0.215 e. The van der Waals surface area contributed by atoms with Crippen LogP contribution in [0.3, 0.4) is 0 Å². The number of hydrogen-bond donors (Lipinski definition) is 1. The van der Waals surface area contributed by atoms with Crippen molar-refractivity contribution in [3.05, 3.63) is 0 Å². The molecule has 80 valence electrons. The normalized spacial score (nSPS) is 13.2. The van der Waals surface area contributed by atoms with E-state index in [1.165, 1.54) is 6.92 Å². The molecule has 0 unspecified atom stereocenters. The molecule has 0 radical (unpaired) electrons. The molecule has 0 aliphatic heterocycles. The van der Waals surface area contributed by atoms with Gasteiger partial charge in [-0.2, -0.15) is 13.2 Å². The molecule has 7 heteroatoms. The van der Waals surface area contributed by atoms with Gasteiger partial charge in [0, 0.05) is 13.0 Å². The minimum Gasteiger partial charge on any atom is -0.215 e. The van der Waals surface area contributed by atoms with Gasteiger partial charge < -0.3 is 0 Å². The molecule has 0 rings (SSSR count). The minimum atomic E-state index is -4.21. The van der Waals surface area contributed by atoms with Gasteiger partial charge in [-0.3, -0.25) is 0 Å². The van der Waals surface area contributed by atoms with Gasteiger partial charge in [-0.1, -0.05) is 0 Å². The van der Waals surface area contributed by atoms with Crippen LogP contribution in [0.25, 0.3) is 0 Å². The van der Waals surface area contributed by atoms with E-state index in [1.807, 2.05) is 0 Å². The topological polar surface area (TPSA) is 46.2 Å². The maximum Gasteiger partial charge on any atom is 0.389 e. The van der Waals surface area contributed by atoms with Crippen molar-refractivity contribution in [1.82, 2.24) is 4.72 Å². The Labute approximate surface area is 75.4 Å². The Morgan fingerprint density at radius 3 is 2.23 bits per heavy atom. The van der Waals surface area contributed by atoms with E-state index in [-0.39, 0.29) is 18.7 Å². The highest BCUT2D eigenvalue weighted by molar-refractivity contribution is 7.89. The maximum atomic E-state index is 11.6. The predicted octanol–water partition coefficient (Wildman–Crippen LogP) is 1.27. The molecule has 0 fully saturated rings. The van der Waals surface area contributed by atoms with Gasteiger partial charge in [0.25, 0.3) is 0 Å². The van der Waals surface area contributed by atoms with Crippen LogP contribution in [0, 0.1) is 0 Å². The number of hydrogen-bond acceptors (Lipinski definition) is 2. The second-order valence-corrected chi connectivity index (χ2v) is 4.61. The summed E-state index contributed by atoms with van der Waals surface area (Å²) in [6.45, 7) is 1.27. The molecule has 0 saturated heterocycles. The predicted molar refractivity (Wildman–Crippen MR) is 42.8 cm³/mol. The molecule has 3 nitrogen and oxygen atoms in total. The Morgan fingerprint density at radius 2 is 1.85 bits per heavy atom. The average molecular weight is 219 g/mol. The summed E-state index contributed by atoms with van der Waals surface area (Å²) in [5, 5.41) is 0. The average Bonchev–Trinajstić information content (AvgIpc) is 1.97. The zero-order chi connectivity index (χ0) is 10.5. The van der Waals surface area contributed by atoms with Crippen LogP contribution in [0.15, 0.2) is 0 Å². The summed E-state index contributed by atoms with van der Waals surface area (Å²) in [5.41, 5.74) is 0. The van der Waals surface area contributed by atoms with Crippen LogP contribution in [0.4, 0.5) is 13.2 Å². The zero-order valence-electron chi connectivity index (χ0n) is 7.19. The first-order valence-electron chi connectivity index (χ1n) is 3.81. The molecule has 0 aromatic heterocycles. The number of nitrogens with one attached hydrogen (secondary N) is 1. The molecule has 0 aliphatic rings. The Hall–Kier alpha value is -0.300. The van der Waals surface area contributed by atoms with E-state index in [0.29, 0.717) is 0 Å². The van der Waals surface area contributed by atoms with Gasteiger partial charge in [0.1, 0.15) is 0 Å². The highest BCUT2D eigenvalue weighted by Gasteiger charge is 2.26. The lowest BCUT2D eigenvalue weighted by molar-refractivity contribution is -0.135. The Balaban J connectivity index is 3.59. The Bertz CT molecular complexity index is 235. The van der Waals surface area contributed by atoms with E-state index in [2.05, 4.69) is 4.72 Å². The van der Waals surface area contributed by atoms with E-state index in [9.17, 15) is 21.6 Å². The van der Waals surface area contributed by atoms with Gasteiger partial charge in [-0.15, -0.1) is 0 Å². The molecule has 0 saturated carbocycles. The molecular formula is C6H12F3NO2S. The lowest BCUT2D eigenvalue weighted by atomic mass is 10.3. The van der Waals surface area contributed by atoms with Crippen molar-refractivity contribution in [3.63, 3.8) is 0 Å². The molecule has 0 atom stereocenters. The third-order valence-corrected chi connectivity index (χ3v) is 2.74. The molecule has 0 bridgehead atoms. The van der Waals surface area contributed by atoms with Crippen LogP contribution in [0.2, 0.25) is 0 Å². The monoisotopic (exact) mass is 219 g/mol.